The molecule has 0 aliphatic heterocycles. The Labute approximate surface area is 143 Å². The minimum Gasteiger partial charge on any atom is -0.464 e. The molecule has 1 aromatic carbocycles. The van der Waals surface area contributed by atoms with Crippen LogP contribution in [0.3, 0.4) is 0 Å². The Morgan fingerprint density at radius 2 is 1.88 bits per heavy atom. The summed E-state index contributed by atoms with van der Waals surface area (Å²) < 4.78 is 6.24. The lowest BCUT2D eigenvalue weighted by Crippen LogP contribution is -2.24. The summed E-state index contributed by atoms with van der Waals surface area (Å²) in [5, 5.41) is 6.81. The van der Waals surface area contributed by atoms with Gasteiger partial charge in [-0.2, -0.15) is 5.10 Å². The molecule has 1 N–H and O–H groups in total. The SMILES string of the molecule is COC(=O)c1cccc(C(=O)NCc2ccc(-n3cncn3)cc2)n1. The van der Waals surface area contributed by atoms with E-state index in [0.29, 0.717) is 6.54 Å². The molecular formula is C17H15N5O3. The van der Waals surface area contributed by atoms with Gasteiger partial charge in [0.05, 0.1) is 12.8 Å². The fraction of sp³-hybridized carbons (Fsp3) is 0.118. The number of hydrogen-bond acceptors (Lipinski definition) is 6. The van der Waals surface area contributed by atoms with E-state index in [0.717, 1.165) is 11.3 Å². The van der Waals surface area contributed by atoms with Gasteiger partial charge < -0.3 is 10.1 Å². The largest absolute Gasteiger partial charge is 0.464 e. The van der Waals surface area contributed by atoms with Crippen LogP contribution in [0.2, 0.25) is 0 Å². The minimum absolute atomic E-state index is 0.0901. The first kappa shape index (κ1) is 16.3. The standard InChI is InChI=1S/C17H15N5O3/c1-25-17(24)15-4-2-3-14(21-15)16(23)19-9-12-5-7-13(8-6-12)22-11-18-10-20-22/h2-8,10-11H,9H2,1H3,(H,19,23). The Hall–Kier alpha value is -3.55. The second kappa shape index (κ2) is 7.35. The Morgan fingerprint density at radius 1 is 1.12 bits per heavy atom. The number of esters is 1. The lowest BCUT2D eigenvalue weighted by Gasteiger charge is -2.07. The zero-order valence-electron chi connectivity index (χ0n) is 13.4. The highest BCUT2D eigenvalue weighted by atomic mass is 16.5. The third-order valence-corrected chi connectivity index (χ3v) is 3.45. The number of methoxy groups -OCH3 is 1. The fourth-order valence-electron chi connectivity index (χ4n) is 2.16. The second-order valence-corrected chi connectivity index (χ2v) is 5.09. The third kappa shape index (κ3) is 3.86. The summed E-state index contributed by atoms with van der Waals surface area (Å²) in [6.45, 7) is 0.334. The zero-order chi connectivity index (χ0) is 17.6. The number of rotatable bonds is 5. The second-order valence-electron chi connectivity index (χ2n) is 5.09. The number of nitrogens with zero attached hydrogens (tertiary/aromatic N) is 4. The van der Waals surface area contributed by atoms with Crippen molar-refractivity contribution < 1.29 is 14.3 Å². The van der Waals surface area contributed by atoms with Crippen molar-refractivity contribution in [1.82, 2.24) is 25.1 Å². The van der Waals surface area contributed by atoms with Gasteiger partial charge in [-0.15, -0.1) is 0 Å². The maximum absolute atomic E-state index is 12.2. The predicted octanol–water partition coefficient (Wildman–Crippen LogP) is 1.38. The first-order valence-corrected chi connectivity index (χ1v) is 7.45. The molecule has 0 radical (unpaired) electrons. The Balaban J connectivity index is 1.63. The first-order chi connectivity index (χ1) is 12.2. The number of carbonyl (C=O) groups is 2. The Bertz CT molecular complexity index is 876. The minimum atomic E-state index is -0.585. The van der Waals surface area contributed by atoms with Crippen molar-refractivity contribution in [2.75, 3.05) is 7.11 Å². The lowest BCUT2D eigenvalue weighted by atomic mass is 10.2. The molecule has 0 atom stereocenters. The molecule has 0 fully saturated rings. The van der Waals surface area contributed by atoms with Gasteiger partial charge in [-0.3, -0.25) is 4.79 Å². The van der Waals surface area contributed by atoms with Gasteiger partial charge in [0.2, 0.25) is 0 Å². The Kier molecular flexibility index (Phi) is 4.79. The van der Waals surface area contributed by atoms with E-state index in [2.05, 4.69) is 25.1 Å². The van der Waals surface area contributed by atoms with Gasteiger partial charge in [0.1, 0.15) is 24.0 Å². The van der Waals surface area contributed by atoms with Gasteiger partial charge in [0, 0.05) is 6.54 Å². The van der Waals surface area contributed by atoms with Gasteiger partial charge in [-0.1, -0.05) is 18.2 Å². The van der Waals surface area contributed by atoms with E-state index in [1.54, 1.807) is 17.1 Å². The highest BCUT2D eigenvalue weighted by molar-refractivity contribution is 5.94. The van der Waals surface area contributed by atoms with E-state index >= 15 is 0 Å². The topological polar surface area (TPSA) is 99.0 Å². The summed E-state index contributed by atoms with van der Waals surface area (Å²) in [7, 11) is 1.26. The predicted molar refractivity (Wildman–Crippen MR) is 88.1 cm³/mol. The van der Waals surface area contributed by atoms with Crippen LogP contribution in [0, 0.1) is 0 Å². The van der Waals surface area contributed by atoms with Crippen LogP contribution in [0.4, 0.5) is 0 Å². The van der Waals surface area contributed by atoms with E-state index in [-0.39, 0.29) is 17.3 Å². The molecule has 1 amide bonds. The van der Waals surface area contributed by atoms with Gasteiger partial charge in [0.25, 0.3) is 5.91 Å². The van der Waals surface area contributed by atoms with Crippen LogP contribution in [0.25, 0.3) is 5.69 Å². The van der Waals surface area contributed by atoms with Crippen LogP contribution in [0.15, 0.2) is 55.1 Å². The number of amides is 1. The summed E-state index contributed by atoms with van der Waals surface area (Å²) in [5.41, 5.74) is 2.04. The van der Waals surface area contributed by atoms with Crippen molar-refractivity contribution in [3.8, 4) is 5.69 Å². The summed E-state index contributed by atoms with van der Waals surface area (Å²) in [5.74, 6) is -0.954. The molecule has 0 aliphatic carbocycles. The van der Waals surface area contributed by atoms with Crippen LogP contribution < -0.4 is 5.32 Å². The van der Waals surface area contributed by atoms with Crippen molar-refractivity contribution in [3.05, 3.63) is 72.1 Å². The molecular weight excluding hydrogens is 322 g/mol. The molecule has 0 bridgehead atoms. The summed E-state index contributed by atoms with van der Waals surface area (Å²) in [6, 6.07) is 12.1. The summed E-state index contributed by atoms with van der Waals surface area (Å²) in [6.07, 6.45) is 3.07. The van der Waals surface area contributed by atoms with Crippen LogP contribution >= 0.6 is 0 Å². The van der Waals surface area contributed by atoms with Gasteiger partial charge in [-0.05, 0) is 29.8 Å². The number of carbonyl (C=O) groups excluding carboxylic acids is 2. The van der Waals surface area contributed by atoms with E-state index in [9.17, 15) is 9.59 Å². The van der Waals surface area contributed by atoms with Crippen LogP contribution in [0.5, 0.6) is 0 Å². The molecule has 0 aliphatic rings. The molecule has 8 nitrogen and oxygen atoms in total. The molecule has 126 valence electrons. The van der Waals surface area contributed by atoms with Crippen LogP contribution in [-0.4, -0.2) is 38.7 Å². The van der Waals surface area contributed by atoms with Crippen molar-refractivity contribution in [3.63, 3.8) is 0 Å². The molecule has 25 heavy (non-hydrogen) atoms. The van der Waals surface area contributed by atoms with Crippen molar-refractivity contribution >= 4 is 11.9 Å². The highest BCUT2D eigenvalue weighted by Crippen LogP contribution is 2.08. The number of pyridine rings is 1. The average Bonchev–Trinajstić information content (AvgIpc) is 3.20. The molecule has 3 rings (SSSR count). The molecule has 0 saturated carbocycles. The third-order valence-electron chi connectivity index (χ3n) is 3.45. The first-order valence-electron chi connectivity index (χ1n) is 7.45. The van der Waals surface area contributed by atoms with Crippen molar-refractivity contribution in [2.24, 2.45) is 0 Å². The van der Waals surface area contributed by atoms with Crippen molar-refractivity contribution in [1.29, 1.82) is 0 Å². The normalized spacial score (nSPS) is 10.3. The van der Waals surface area contributed by atoms with E-state index in [1.807, 2.05) is 24.3 Å². The molecule has 2 heterocycles. The fourth-order valence-corrected chi connectivity index (χ4v) is 2.16. The lowest BCUT2D eigenvalue weighted by molar-refractivity contribution is 0.0594. The average molecular weight is 337 g/mol. The molecule has 0 spiro atoms. The van der Waals surface area contributed by atoms with Gasteiger partial charge in [0.15, 0.2) is 0 Å². The monoisotopic (exact) mass is 337 g/mol. The van der Waals surface area contributed by atoms with E-state index < -0.39 is 5.97 Å². The Morgan fingerprint density at radius 3 is 2.56 bits per heavy atom. The highest BCUT2D eigenvalue weighted by Gasteiger charge is 2.12. The maximum Gasteiger partial charge on any atom is 0.356 e. The number of benzene rings is 1. The summed E-state index contributed by atoms with van der Waals surface area (Å²) >= 11 is 0. The molecule has 2 aromatic heterocycles. The van der Waals surface area contributed by atoms with E-state index in [4.69, 9.17) is 0 Å². The number of hydrogen-bond donors (Lipinski definition) is 1. The molecule has 0 unspecified atom stereocenters. The van der Waals surface area contributed by atoms with Crippen LogP contribution in [-0.2, 0) is 11.3 Å². The maximum atomic E-state index is 12.2. The molecule has 0 saturated heterocycles. The van der Waals surface area contributed by atoms with Crippen molar-refractivity contribution in [2.45, 2.75) is 6.54 Å². The van der Waals surface area contributed by atoms with Gasteiger partial charge in [-0.25, -0.2) is 19.4 Å². The van der Waals surface area contributed by atoms with Crippen LogP contribution in [0.1, 0.15) is 26.5 Å². The molecule has 8 heteroatoms. The van der Waals surface area contributed by atoms with E-state index in [1.165, 1.54) is 25.6 Å². The van der Waals surface area contributed by atoms with Gasteiger partial charge >= 0.3 is 5.97 Å². The number of aromatic nitrogens is 4. The number of nitrogens with one attached hydrogen (secondary N) is 1. The zero-order valence-corrected chi connectivity index (χ0v) is 13.4. The summed E-state index contributed by atoms with van der Waals surface area (Å²) in [4.78, 5) is 31.5. The quantitative estimate of drug-likeness (QED) is 0.706. The number of ether oxygens (including phenoxy) is 1. The smallest absolute Gasteiger partial charge is 0.356 e. The molecule has 3 aromatic rings.